The molecule has 1 amide bonds. The summed E-state index contributed by atoms with van der Waals surface area (Å²) in [7, 11) is 1.61. The molecule has 1 N–H and O–H groups in total. The molecule has 2 aromatic carbocycles. The zero-order valence-corrected chi connectivity index (χ0v) is 17.0. The van der Waals surface area contributed by atoms with Crippen LogP contribution in [0.1, 0.15) is 31.0 Å². The molecule has 146 valence electrons. The van der Waals surface area contributed by atoms with Crippen LogP contribution in [-0.4, -0.2) is 29.0 Å². The van der Waals surface area contributed by atoms with Crippen molar-refractivity contribution in [2.24, 2.45) is 0 Å². The molecule has 0 aliphatic carbocycles. The van der Waals surface area contributed by atoms with E-state index in [4.69, 9.17) is 9.15 Å². The van der Waals surface area contributed by atoms with Gasteiger partial charge in [0, 0.05) is 5.56 Å². The molecule has 0 aliphatic rings. The summed E-state index contributed by atoms with van der Waals surface area (Å²) in [4.78, 5) is 12.2. The molecule has 3 rings (SSSR count). The SMILES string of the molecule is CCc1ccc(C(C)NC(=O)CSc2nnc(-c3ccc(OC)cc3)o2)cc1. The smallest absolute Gasteiger partial charge is 0.277 e. The number of benzene rings is 2. The topological polar surface area (TPSA) is 77.2 Å². The van der Waals surface area contributed by atoms with Gasteiger partial charge in [-0.1, -0.05) is 43.0 Å². The van der Waals surface area contributed by atoms with Gasteiger partial charge in [-0.15, -0.1) is 10.2 Å². The maximum Gasteiger partial charge on any atom is 0.277 e. The molecule has 1 atom stereocenters. The van der Waals surface area contributed by atoms with Crippen molar-refractivity contribution in [1.29, 1.82) is 0 Å². The van der Waals surface area contributed by atoms with Gasteiger partial charge in [-0.3, -0.25) is 4.79 Å². The Kier molecular flexibility index (Phi) is 6.71. The summed E-state index contributed by atoms with van der Waals surface area (Å²) in [5, 5.41) is 11.4. The van der Waals surface area contributed by atoms with Gasteiger partial charge in [0.2, 0.25) is 11.8 Å². The van der Waals surface area contributed by atoms with Gasteiger partial charge in [0.25, 0.3) is 5.22 Å². The molecule has 6 nitrogen and oxygen atoms in total. The van der Waals surface area contributed by atoms with Crippen LogP contribution >= 0.6 is 11.8 Å². The highest BCUT2D eigenvalue weighted by atomic mass is 32.2. The van der Waals surface area contributed by atoms with Crippen LogP contribution in [0.3, 0.4) is 0 Å². The minimum absolute atomic E-state index is 0.0587. The van der Waals surface area contributed by atoms with Gasteiger partial charge in [0.15, 0.2) is 0 Å². The lowest BCUT2D eigenvalue weighted by Gasteiger charge is -2.14. The second kappa shape index (κ2) is 9.41. The van der Waals surface area contributed by atoms with Crippen LogP contribution in [0.4, 0.5) is 0 Å². The van der Waals surface area contributed by atoms with E-state index in [2.05, 4.69) is 46.7 Å². The van der Waals surface area contributed by atoms with Crippen molar-refractivity contribution in [3.05, 3.63) is 59.7 Å². The van der Waals surface area contributed by atoms with E-state index in [1.54, 1.807) is 7.11 Å². The highest BCUT2D eigenvalue weighted by Gasteiger charge is 2.13. The van der Waals surface area contributed by atoms with Crippen molar-refractivity contribution < 1.29 is 13.9 Å². The minimum atomic E-state index is -0.0822. The molecule has 0 saturated heterocycles. The summed E-state index contributed by atoms with van der Waals surface area (Å²) in [6.45, 7) is 4.09. The monoisotopic (exact) mass is 397 g/mol. The molecule has 1 unspecified atom stereocenters. The first kappa shape index (κ1) is 19.9. The van der Waals surface area contributed by atoms with Gasteiger partial charge in [0.05, 0.1) is 18.9 Å². The minimum Gasteiger partial charge on any atom is -0.497 e. The number of aryl methyl sites for hydroxylation is 1. The Balaban J connectivity index is 1.52. The van der Waals surface area contributed by atoms with Crippen molar-refractivity contribution in [2.75, 3.05) is 12.9 Å². The van der Waals surface area contributed by atoms with Gasteiger partial charge < -0.3 is 14.5 Å². The third-order valence-corrected chi connectivity index (χ3v) is 5.15. The summed E-state index contributed by atoms with van der Waals surface area (Å²) in [5.74, 6) is 1.30. The van der Waals surface area contributed by atoms with E-state index in [0.717, 1.165) is 23.3 Å². The molecule has 1 heterocycles. The molecular formula is C21H23N3O3S. The van der Waals surface area contributed by atoms with Gasteiger partial charge in [0.1, 0.15) is 5.75 Å². The number of methoxy groups -OCH3 is 1. The predicted octanol–water partition coefficient (Wildman–Crippen LogP) is 4.28. The standard InChI is InChI=1S/C21H23N3O3S/c1-4-15-5-7-16(8-6-15)14(2)22-19(25)13-28-21-24-23-20(27-21)17-9-11-18(26-3)12-10-17/h5-12,14H,4,13H2,1-3H3,(H,22,25). The van der Waals surface area contributed by atoms with E-state index in [9.17, 15) is 4.79 Å². The average molecular weight is 398 g/mol. The molecule has 7 heteroatoms. The van der Waals surface area contributed by atoms with E-state index < -0.39 is 0 Å². The fourth-order valence-electron chi connectivity index (χ4n) is 2.65. The summed E-state index contributed by atoms with van der Waals surface area (Å²) in [6, 6.07) is 15.6. The third-order valence-electron chi connectivity index (χ3n) is 4.34. The normalized spacial score (nSPS) is 11.8. The molecule has 0 fully saturated rings. The van der Waals surface area contributed by atoms with E-state index >= 15 is 0 Å². The number of nitrogens with zero attached hydrogens (tertiary/aromatic N) is 2. The largest absolute Gasteiger partial charge is 0.497 e. The molecule has 0 spiro atoms. The number of carbonyl (C=O) groups is 1. The van der Waals surface area contributed by atoms with Gasteiger partial charge in [-0.2, -0.15) is 0 Å². The highest BCUT2D eigenvalue weighted by molar-refractivity contribution is 7.99. The maximum absolute atomic E-state index is 12.2. The molecule has 0 radical (unpaired) electrons. The number of nitrogens with one attached hydrogen (secondary N) is 1. The average Bonchev–Trinajstić information content (AvgIpc) is 3.21. The lowest BCUT2D eigenvalue weighted by Crippen LogP contribution is -2.28. The van der Waals surface area contributed by atoms with Gasteiger partial charge in [-0.05, 0) is 48.7 Å². The molecule has 3 aromatic rings. The van der Waals surface area contributed by atoms with Crippen LogP contribution in [-0.2, 0) is 11.2 Å². The lowest BCUT2D eigenvalue weighted by atomic mass is 10.1. The fourth-order valence-corrected chi connectivity index (χ4v) is 3.23. The van der Waals surface area contributed by atoms with Crippen LogP contribution in [0.15, 0.2) is 58.2 Å². The van der Waals surface area contributed by atoms with Gasteiger partial charge in [-0.25, -0.2) is 0 Å². The zero-order valence-electron chi connectivity index (χ0n) is 16.1. The van der Waals surface area contributed by atoms with Crippen molar-refractivity contribution in [1.82, 2.24) is 15.5 Å². The number of hydrogen-bond acceptors (Lipinski definition) is 6. The summed E-state index contributed by atoms with van der Waals surface area (Å²) in [6.07, 6.45) is 1.00. The molecule has 28 heavy (non-hydrogen) atoms. The Hall–Kier alpha value is -2.80. The Morgan fingerprint density at radius 1 is 1.14 bits per heavy atom. The molecule has 0 aliphatic heterocycles. The van der Waals surface area contributed by atoms with Crippen molar-refractivity contribution in [2.45, 2.75) is 31.5 Å². The first-order chi connectivity index (χ1) is 13.6. The first-order valence-corrected chi connectivity index (χ1v) is 10.1. The van der Waals surface area contributed by atoms with Crippen molar-refractivity contribution in [3.63, 3.8) is 0 Å². The number of ether oxygens (including phenoxy) is 1. The second-order valence-electron chi connectivity index (χ2n) is 6.27. The molecule has 1 aromatic heterocycles. The molecule has 0 saturated carbocycles. The van der Waals surface area contributed by atoms with Crippen LogP contribution in [0, 0.1) is 0 Å². The Bertz CT molecular complexity index is 907. The van der Waals surface area contributed by atoms with Crippen molar-refractivity contribution >= 4 is 17.7 Å². The maximum atomic E-state index is 12.2. The van der Waals surface area contributed by atoms with Crippen LogP contribution in [0.2, 0.25) is 0 Å². The number of amides is 1. The number of rotatable bonds is 8. The summed E-state index contributed by atoms with van der Waals surface area (Å²) in [5.41, 5.74) is 3.16. The first-order valence-electron chi connectivity index (χ1n) is 9.08. The highest BCUT2D eigenvalue weighted by Crippen LogP contribution is 2.25. The van der Waals surface area contributed by atoms with Crippen LogP contribution in [0.5, 0.6) is 5.75 Å². The van der Waals surface area contributed by atoms with Gasteiger partial charge >= 0.3 is 0 Å². The zero-order chi connectivity index (χ0) is 19.9. The van der Waals surface area contributed by atoms with E-state index in [-0.39, 0.29) is 17.7 Å². The fraction of sp³-hybridized carbons (Fsp3) is 0.286. The Morgan fingerprint density at radius 2 is 1.86 bits per heavy atom. The Labute approximate surface area is 168 Å². The Morgan fingerprint density at radius 3 is 2.50 bits per heavy atom. The summed E-state index contributed by atoms with van der Waals surface area (Å²) < 4.78 is 10.8. The molecule has 0 bridgehead atoms. The third kappa shape index (κ3) is 5.13. The number of hydrogen-bond donors (Lipinski definition) is 1. The second-order valence-corrected chi connectivity index (χ2v) is 7.20. The van der Waals surface area contributed by atoms with Crippen LogP contribution in [0.25, 0.3) is 11.5 Å². The number of thioether (sulfide) groups is 1. The number of aromatic nitrogens is 2. The molecular weight excluding hydrogens is 374 g/mol. The van der Waals surface area contributed by atoms with E-state index in [1.807, 2.05) is 31.2 Å². The predicted molar refractivity (Wildman–Crippen MR) is 109 cm³/mol. The van der Waals surface area contributed by atoms with E-state index in [0.29, 0.717) is 11.1 Å². The van der Waals surface area contributed by atoms with Crippen LogP contribution < -0.4 is 10.1 Å². The number of carbonyl (C=O) groups excluding carboxylic acids is 1. The van der Waals surface area contributed by atoms with Crippen molar-refractivity contribution in [3.8, 4) is 17.2 Å². The quantitative estimate of drug-likeness (QED) is 0.572. The van der Waals surface area contributed by atoms with E-state index in [1.165, 1.54) is 17.3 Å². The summed E-state index contributed by atoms with van der Waals surface area (Å²) >= 11 is 1.22. The lowest BCUT2D eigenvalue weighted by molar-refractivity contribution is -0.119.